The number of esters is 2. The molecule has 6 heteroatoms. The molecule has 1 fully saturated rings. The van der Waals surface area contributed by atoms with Gasteiger partial charge in [0, 0.05) is 25.0 Å². The molecule has 0 saturated carbocycles. The van der Waals surface area contributed by atoms with Gasteiger partial charge in [-0.2, -0.15) is 0 Å². The Morgan fingerprint density at radius 2 is 2.10 bits per heavy atom. The van der Waals surface area contributed by atoms with Gasteiger partial charge in [-0.3, -0.25) is 4.79 Å². The van der Waals surface area contributed by atoms with Gasteiger partial charge in [-0.05, 0) is 31.9 Å². The van der Waals surface area contributed by atoms with E-state index in [9.17, 15) is 9.59 Å². The first-order valence-corrected chi connectivity index (χ1v) is 7.11. The lowest BCUT2D eigenvalue weighted by Crippen LogP contribution is -2.37. The van der Waals surface area contributed by atoms with Gasteiger partial charge in [0.2, 0.25) is 0 Å². The molecule has 0 aromatic carbocycles. The number of nitrogens with zero attached hydrogens (tertiary/aromatic N) is 2. The summed E-state index contributed by atoms with van der Waals surface area (Å²) >= 11 is 0. The van der Waals surface area contributed by atoms with Crippen LogP contribution in [0.5, 0.6) is 0 Å². The molecule has 0 spiro atoms. The van der Waals surface area contributed by atoms with Crippen molar-refractivity contribution in [3.8, 4) is 0 Å². The molecule has 6 nitrogen and oxygen atoms in total. The number of rotatable bonds is 4. The van der Waals surface area contributed by atoms with Crippen LogP contribution in [0.25, 0.3) is 0 Å². The number of ether oxygens (including phenoxy) is 2. The Hall–Kier alpha value is -2.11. The Labute approximate surface area is 124 Å². The van der Waals surface area contributed by atoms with Crippen LogP contribution < -0.4 is 4.90 Å². The molecule has 1 aliphatic heterocycles. The van der Waals surface area contributed by atoms with Crippen molar-refractivity contribution in [1.82, 2.24) is 4.98 Å². The molecule has 0 amide bonds. The summed E-state index contributed by atoms with van der Waals surface area (Å²) in [5.74, 6) is -0.580. The van der Waals surface area contributed by atoms with Crippen molar-refractivity contribution >= 4 is 17.6 Å². The van der Waals surface area contributed by atoms with Crippen LogP contribution >= 0.6 is 0 Å². The predicted molar refractivity (Wildman–Crippen MR) is 77.1 cm³/mol. The highest BCUT2D eigenvalue weighted by molar-refractivity contribution is 5.88. The molecule has 0 radical (unpaired) electrons. The van der Waals surface area contributed by atoms with Gasteiger partial charge < -0.3 is 14.4 Å². The van der Waals surface area contributed by atoms with Crippen molar-refractivity contribution in [2.24, 2.45) is 5.92 Å². The number of hydrogen-bond acceptors (Lipinski definition) is 6. The third-order valence-electron chi connectivity index (χ3n) is 3.62. The minimum Gasteiger partial charge on any atom is -0.466 e. The number of anilines is 1. The second-order valence-corrected chi connectivity index (χ2v) is 4.90. The van der Waals surface area contributed by atoms with E-state index in [1.807, 2.05) is 13.0 Å². The number of carbonyl (C=O) groups excluding carboxylic acids is 2. The fourth-order valence-corrected chi connectivity index (χ4v) is 2.47. The van der Waals surface area contributed by atoms with E-state index in [1.165, 1.54) is 7.11 Å². The summed E-state index contributed by atoms with van der Waals surface area (Å²) in [6, 6.07) is 3.58. The van der Waals surface area contributed by atoms with E-state index in [4.69, 9.17) is 4.74 Å². The fraction of sp³-hybridized carbons (Fsp3) is 0.533. The minimum absolute atomic E-state index is 0.0249. The summed E-state index contributed by atoms with van der Waals surface area (Å²) in [7, 11) is 1.33. The lowest BCUT2D eigenvalue weighted by Gasteiger charge is -2.32. The highest BCUT2D eigenvalue weighted by Crippen LogP contribution is 2.24. The average molecular weight is 292 g/mol. The summed E-state index contributed by atoms with van der Waals surface area (Å²) in [4.78, 5) is 29.3. The quantitative estimate of drug-likeness (QED) is 0.786. The normalized spacial score (nSPS) is 15.6. The molecule has 1 aromatic heterocycles. The van der Waals surface area contributed by atoms with E-state index in [-0.39, 0.29) is 11.9 Å². The number of hydrogen-bond donors (Lipinski definition) is 0. The van der Waals surface area contributed by atoms with Crippen molar-refractivity contribution < 1.29 is 19.1 Å². The maximum absolute atomic E-state index is 11.7. The topological polar surface area (TPSA) is 68.7 Å². The van der Waals surface area contributed by atoms with Crippen molar-refractivity contribution in [2.75, 3.05) is 31.7 Å². The minimum atomic E-state index is -0.446. The standard InChI is InChI=1S/C15H20N2O4/c1-3-21-14(18)11-5-8-17(9-6-11)12-4-7-16-13(10-12)15(19)20-2/h4,7,10-11H,3,5-6,8-9H2,1-2H3. The summed E-state index contributed by atoms with van der Waals surface area (Å²) in [6.07, 6.45) is 3.11. The van der Waals surface area contributed by atoms with Crippen LogP contribution in [0.15, 0.2) is 18.3 Å². The Kier molecular flexibility index (Phi) is 5.14. The first-order chi connectivity index (χ1) is 10.2. The molecule has 114 valence electrons. The van der Waals surface area contributed by atoms with E-state index in [0.29, 0.717) is 12.3 Å². The van der Waals surface area contributed by atoms with Crippen LogP contribution in [0.4, 0.5) is 5.69 Å². The van der Waals surface area contributed by atoms with Gasteiger partial charge in [0.1, 0.15) is 5.69 Å². The second kappa shape index (κ2) is 7.06. The van der Waals surface area contributed by atoms with Gasteiger partial charge in [0.25, 0.3) is 0 Å². The van der Waals surface area contributed by atoms with E-state index >= 15 is 0 Å². The van der Waals surface area contributed by atoms with E-state index < -0.39 is 5.97 Å². The summed E-state index contributed by atoms with van der Waals surface area (Å²) in [6.45, 7) is 3.76. The number of carbonyl (C=O) groups is 2. The molecule has 1 aliphatic rings. The van der Waals surface area contributed by atoms with Crippen LogP contribution in [-0.2, 0) is 14.3 Å². The third kappa shape index (κ3) is 3.71. The van der Waals surface area contributed by atoms with Gasteiger partial charge >= 0.3 is 11.9 Å². The van der Waals surface area contributed by atoms with Gasteiger partial charge in [-0.25, -0.2) is 9.78 Å². The third-order valence-corrected chi connectivity index (χ3v) is 3.62. The largest absolute Gasteiger partial charge is 0.466 e. The van der Waals surface area contributed by atoms with E-state index in [1.54, 1.807) is 12.3 Å². The Bertz CT molecular complexity index is 510. The smallest absolute Gasteiger partial charge is 0.356 e. The van der Waals surface area contributed by atoms with E-state index in [0.717, 1.165) is 31.6 Å². The first-order valence-electron chi connectivity index (χ1n) is 7.11. The second-order valence-electron chi connectivity index (χ2n) is 4.90. The Morgan fingerprint density at radius 3 is 2.71 bits per heavy atom. The summed E-state index contributed by atoms with van der Waals surface area (Å²) < 4.78 is 9.73. The van der Waals surface area contributed by atoms with E-state index in [2.05, 4.69) is 14.6 Å². The molecular weight excluding hydrogens is 272 g/mol. The zero-order valence-electron chi connectivity index (χ0n) is 12.4. The molecule has 2 heterocycles. The molecular formula is C15H20N2O4. The van der Waals surface area contributed by atoms with Gasteiger partial charge in [0.15, 0.2) is 0 Å². The van der Waals surface area contributed by atoms with Crippen LogP contribution in [0.2, 0.25) is 0 Å². The van der Waals surface area contributed by atoms with Crippen molar-refractivity contribution in [3.05, 3.63) is 24.0 Å². The molecule has 0 atom stereocenters. The van der Waals surface area contributed by atoms with Gasteiger partial charge in [-0.1, -0.05) is 0 Å². The fourth-order valence-electron chi connectivity index (χ4n) is 2.47. The number of pyridine rings is 1. The zero-order valence-corrected chi connectivity index (χ0v) is 12.4. The lowest BCUT2D eigenvalue weighted by atomic mass is 9.96. The van der Waals surface area contributed by atoms with Crippen molar-refractivity contribution in [1.29, 1.82) is 0 Å². The zero-order chi connectivity index (χ0) is 15.2. The molecule has 0 aliphatic carbocycles. The lowest BCUT2D eigenvalue weighted by molar-refractivity contribution is -0.148. The number of methoxy groups -OCH3 is 1. The Morgan fingerprint density at radius 1 is 1.38 bits per heavy atom. The molecule has 1 aromatic rings. The molecule has 21 heavy (non-hydrogen) atoms. The maximum atomic E-state index is 11.7. The highest BCUT2D eigenvalue weighted by atomic mass is 16.5. The number of aromatic nitrogens is 1. The molecule has 1 saturated heterocycles. The van der Waals surface area contributed by atoms with Crippen molar-refractivity contribution in [2.45, 2.75) is 19.8 Å². The average Bonchev–Trinajstić information content (AvgIpc) is 2.54. The monoisotopic (exact) mass is 292 g/mol. The highest BCUT2D eigenvalue weighted by Gasteiger charge is 2.26. The van der Waals surface area contributed by atoms with Crippen LogP contribution in [0.3, 0.4) is 0 Å². The predicted octanol–water partition coefficient (Wildman–Crippen LogP) is 1.65. The summed E-state index contributed by atoms with van der Waals surface area (Å²) in [5.41, 5.74) is 1.22. The van der Waals surface area contributed by atoms with Crippen LogP contribution in [0.1, 0.15) is 30.3 Å². The van der Waals surface area contributed by atoms with Crippen molar-refractivity contribution in [3.63, 3.8) is 0 Å². The summed E-state index contributed by atoms with van der Waals surface area (Å²) in [5, 5.41) is 0. The molecule has 2 rings (SSSR count). The molecule has 0 unspecified atom stereocenters. The van der Waals surface area contributed by atoms with Gasteiger partial charge in [0.05, 0.1) is 19.6 Å². The number of piperidine rings is 1. The first kappa shape index (κ1) is 15.3. The molecule has 0 bridgehead atoms. The SMILES string of the molecule is CCOC(=O)C1CCN(c2ccnc(C(=O)OC)c2)CC1. The maximum Gasteiger partial charge on any atom is 0.356 e. The Balaban J connectivity index is 1.99. The van der Waals surface area contributed by atoms with Crippen LogP contribution in [0, 0.1) is 5.92 Å². The molecule has 0 N–H and O–H groups in total. The van der Waals surface area contributed by atoms with Gasteiger partial charge in [-0.15, -0.1) is 0 Å². The van der Waals surface area contributed by atoms with Crippen LogP contribution in [-0.4, -0.2) is 43.7 Å².